The number of ether oxygens (including phenoxy) is 2. The lowest BCUT2D eigenvalue weighted by Crippen LogP contribution is -2.17. The van der Waals surface area contributed by atoms with Gasteiger partial charge in [0.2, 0.25) is 0 Å². The Hall–Kier alpha value is -1.74. The molecule has 0 aromatic heterocycles. The average molecular weight is 307 g/mol. The van der Waals surface area contributed by atoms with Crippen LogP contribution in [-0.2, 0) is 6.42 Å². The zero-order chi connectivity index (χ0) is 15.0. The van der Waals surface area contributed by atoms with Crippen LogP contribution in [0.4, 0.5) is 4.39 Å². The molecule has 0 aliphatic carbocycles. The van der Waals surface area contributed by atoms with Gasteiger partial charge in [-0.15, -0.1) is 0 Å². The third kappa shape index (κ3) is 2.46. The minimum absolute atomic E-state index is 0.321. The molecule has 21 heavy (non-hydrogen) atoms. The summed E-state index contributed by atoms with van der Waals surface area (Å²) in [7, 11) is 0. The molecule has 0 fully saturated rings. The van der Waals surface area contributed by atoms with Crippen LogP contribution in [0, 0.1) is 12.7 Å². The molecular formula is C17H16ClFO2. The van der Waals surface area contributed by atoms with Gasteiger partial charge in [-0.1, -0.05) is 30.7 Å². The summed E-state index contributed by atoms with van der Waals surface area (Å²) in [6, 6.07) is 6.80. The van der Waals surface area contributed by atoms with Crippen LogP contribution in [0.5, 0.6) is 11.5 Å². The van der Waals surface area contributed by atoms with Gasteiger partial charge in [-0.05, 0) is 36.6 Å². The number of halogens is 2. The molecule has 0 radical (unpaired) electrons. The van der Waals surface area contributed by atoms with E-state index in [2.05, 4.69) is 0 Å². The second-order valence-corrected chi connectivity index (χ2v) is 5.47. The molecule has 0 saturated carbocycles. The average Bonchev–Trinajstić information content (AvgIpc) is 2.48. The highest BCUT2D eigenvalue weighted by Crippen LogP contribution is 2.45. The number of rotatable bonds is 2. The molecule has 0 atom stereocenters. The molecular weight excluding hydrogens is 291 g/mol. The minimum atomic E-state index is -0.321. The largest absolute Gasteiger partial charge is 0.486 e. The highest BCUT2D eigenvalue weighted by Gasteiger charge is 2.22. The zero-order valence-corrected chi connectivity index (χ0v) is 12.8. The molecule has 0 amide bonds. The van der Waals surface area contributed by atoms with Crippen LogP contribution < -0.4 is 9.47 Å². The summed E-state index contributed by atoms with van der Waals surface area (Å²) in [6.45, 7) is 5.00. The number of hydrogen-bond acceptors (Lipinski definition) is 2. The molecule has 0 unspecified atom stereocenters. The molecule has 2 aromatic carbocycles. The molecule has 2 aromatic rings. The summed E-state index contributed by atoms with van der Waals surface area (Å²) in [6.07, 6.45) is 0.691. The second-order valence-electron chi connectivity index (χ2n) is 5.06. The van der Waals surface area contributed by atoms with Crippen LogP contribution in [0.1, 0.15) is 18.1 Å². The van der Waals surface area contributed by atoms with E-state index >= 15 is 0 Å². The first-order valence-electron chi connectivity index (χ1n) is 6.99. The van der Waals surface area contributed by atoms with Crippen LogP contribution >= 0.6 is 11.6 Å². The number of fused-ring (bicyclic) bond motifs is 1. The quantitative estimate of drug-likeness (QED) is 0.794. The first kappa shape index (κ1) is 14.2. The fraction of sp³-hybridized carbons (Fsp3) is 0.294. The summed E-state index contributed by atoms with van der Waals surface area (Å²) in [5.74, 6) is 1.13. The summed E-state index contributed by atoms with van der Waals surface area (Å²) in [4.78, 5) is 0. The van der Waals surface area contributed by atoms with Crippen molar-refractivity contribution in [2.45, 2.75) is 20.3 Å². The summed E-state index contributed by atoms with van der Waals surface area (Å²) in [5, 5.41) is 0.395. The van der Waals surface area contributed by atoms with Gasteiger partial charge in [0.25, 0.3) is 0 Å². The Morgan fingerprint density at radius 2 is 1.86 bits per heavy atom. The van der Waals surface area contributed by atoms with Gasteiger partial charge in [-0.3, -0.25) is 0 Å². The molecule has 4 heteroatoms. The monoisotopic (exact) mass is 306 g/mol. The van der Waals surface area contributed by atoms with Crippen molar-refractivity contribution in [3.8, 4) is 22.6 Å². The third-order valence-electron chi connectivity index (χ3n) is 3.67. The van der Waals surface area contributed by atoms with E-state index in [1.165, 1.54) is 12.1 Å². The highest BCUT2D eigenvalue weighted by atomic mass is 35.5. The Labute approximate surface area is 128 Å². The molecule has 1 heterocycles. The van der Waals surface area contributed by atoms with Gasteiger partial charge in [-0.25, -0.2) is 4.39 Å². The van der Waals surface area contributed by atoms with E-state index in [0.717, 1.165) is 28.0 Å². The molecule has 1 aliphatic heterocycles. The Balaban J connectivity index is 2.27. The van der Waals surface area contributed by atoms with Crippen LogP contribution in [0.15, 0.2) is 24.3 Å². The fourth-order valence-electron chi connectivity index (χ4n) is 2.68. The van der Waals surface area contributed by atoms with Gasteiger partial charge < -0.3 is 9.47 Å². The minimum Gasteiger partial charge on any atom is -0.486 e. The third-order valence-corrected chi connectivity index (χ3v) is 3.97. The molecule has 0 bridgehead atoms. The van der Waals surface area contributed by atoms with Gasteiger partial charge in [0.1, 0.15) is 19.0 Å². The lowest BCUT2D eigenvalue weighted by molar-refractivity contribution is 0.171. The van der Waals surface area contributed by atoms with Crippen molar-refractivity contribution in [1.82, 2.24) is 0 Å². The maximum Gasteiger partial charge on any atom is 0.169 e. The zero-order valence-electron chi connectivity index (χ0n) is 12.0. The summed E-state index contributed by atoms with van der Waals surface area (Å²) >= 11 is 6.29. The standard InChI is InChI=1S/C17H16ClFO2/c1-3-11-8-12(19)9-14(18)15(11)13-5-4-10(2)16-17(13)21-7-6-20-16/h4-5,8-9H,3,6-7H2,1-2H3. The van der Waals surface area contributed by atoms with Gasteiger partial charge >= 0.3 is 0 Å². The van der Waals surface area contributed by atoms with Crippen molar-refractivity contribution in [2.75, 3.05) is 13.2 Å². The maximum atomic E-state index is 13.6. The molecule has 0 spiro atoms. The summed E-state index contributed by atoms with van der Waals surface area (Å²) < 4.78 is 25.1. The maximum absolute atomic E-state index is 13.6. The van der Waals surface area contributed by atoms with Gasteiger partial charge in [0.15, 0.2) is 11.5 Å². The van der Waals surface area contributed by atoms with E-state index in [1.807, 2.05) is 26.0 Å². The second kappa shape index (κ2) is 5.57. The fourth-order valence-corrected chi connectivity index (χ4v) is 3.00. The molecule has 2 nitrogen and oxygen atoms in total. The summed E-state index contributed by atoms with van der Waals surface area (Å²) in [5.41, 5.74) is 3.56. The lowest BCUT2D eigenvalue weighted by atomic mass is 9.95. The Morgan fingerprint density at radius 3 is 2.57 bits per heavy atom. The van der Waals surface area contributed by atoms with Crippen molar-refractivity contribution in [2.24, 2.45) is 0 Å². The predicted octanol–water partition coefficient (Wildman–Crippen LogP) is 4.79. The van der Waals surface area contributed by atoms with E-state index < -0.39 is 0 Å². The van der Waals surface area contributed by atoms with E-state index in [4.69, 9.17) is 21.1 Å². The molecule has 1 aliphatic rings. The van der Waals surface area contributed by atoms with Crippen LogP contribution in [0.2, 0.25) is 5.02 Å². The van der Waals surface area contributed by atoms with E-state index in [-0.39, 0.29) is 5.82 Å². The van der Waals surface area contributed by atoms with Gasteiger partial charge in [0.05, 0.1) is 5.02 Å². The SMILES string of the molecule is CCc1cc(F)cc(Cl)c1-c1ccc(C)c2c1OCCO2. The van der Waals surface area contributed by atoms with Crippen molar-refractivity contribution in [3.05, 3.63) is 46.2 Å². The van der Waals surface area contributed by atoms with Crippen molar-refractivity contribution in [1.29, 1.82) is 0 Å². The Morgan fingerprint density at radius 1 is 1.14 bits per heavy atom. The molecule has 0 saturated heterocycles. The number of benzene rings is 2. The van der Waals surface area contributed by atoms with E-state index in [1.54, 1.807) is 0 Å². The van der Waals surface area contributed by atoms with Gasteiger partial charge in [-0.2, -0.15) is 0 Å². The Bertz CT molecular complexity index is 698. The first-order valence-corrected chi connectivity index (χ1v) is 7.37. The molecule has 110 valence electrons. The predicted molar refractivity (Wildman–Crippen MR) is 82.0 cm³/mol. The number of aryl methyl sites for hydroxylation is 2. The smallest absolute Gasteiger partial charge is 0.169 e. The van der Waals surface area contributed by atoms with E-state index in [0.29, 0.717) is 30.4 Å². The van der Waals surface area contributed by atoms with Crippen LogP contribution in [0.3, 0.4) is 0 Å². The molecule has 3 rings (SSSR count). The van der Waals surface area contributed by atoms with Gasteiger partial charge in [0, 0.05) is 11.1 Å². The highest BCUT2D eigenvalue weighted by molar-refractivity contribution is 6.33. The number of hydrogen-bond donors (Lipinski definition) is 0. The van der Waals surface area contributed by atoms with Crippen molar-refractivity contribution >= 4 is 11.6 Å². The topological polar surface area (TPSA) is 18.5 Å². The van der Waals surface area contributed by atoms with Crippen molar-refractivity contribution < 1.29 is 13.9 Å². The van der Waals surface area contributed by atoms with Crippen molar-refractivity contribution in [3.63, 3.8) is 0 Å². The Kier molecular flexibility index (Phi) is 3.77. The van der Waals surface area contributed by atoms with Crippen LogP contribution in [-0.4, -0.2) is 13.2 Å². The lowest BCUT2D eigenvalue weighted by Gasteiger charge is -2.24. The van der Waals surface area contributed by atoms with Crippen LogP contribution in [0.25, 0.3) is 11.1 Å². The first-order chi connectivity index (χ1) is 10.1. The molecule has 0 N–H and O–H groups in total. The normalized spacial score (nSPS) is 13.3. The van der Waals surface area contributed by atoms with E-state index in [9.17, 15) is 4.39 Å².